The average Bonchev–Trinajstić information content (AvgIpc) is 2.29. The SMILES string of the molecule is CC(ON)OC(=O)OC(C)(C)C.CCN(CC)NN. The van der Waals surface area contributed by atoms with Gasteiger partial charge in [0, 0.05) is 13.1 Å². The molecule has 116 valence electrons. The van der Waals surface area contributed by atoms with Crippen molar-refractivity contribution in [3.8, 4) is 0 Å². The molecule has 0 rings (SSSR count). The van der Waals surface area contributed by atoms with Crippen molar-refractivity contribution in [1.29, 1.82) is 0 Å². The number of nitrogens with two attached hydrogens (primary N) is 2. The molecule has 0 saturated heterocycles. The van der Waals surface area contributed by atoms with Crippen LogP contribution in [-0.2, 0) is 14.3 Å². The summed E-state index contributed by atoms with van der Waals surface area (Å²) in [4.78, 5) is 15.1. The summed E-state index contributed by atoms with van der Waals surface area (Å²) in [5.74, 6) is 9.82. The smallest absolute Gasteiger partial charge is 0.429 e. The second kappa shape index (κ2) is 10.9. The Hall–Kier alpha value is -0.930. The second-order valence-corrected chi connectivity index (χ2v) is 4.59. The van der Waals surface area contributed by atoms with Crippen molar-refractivity contribution in [1.82, 2.24) is 10.5 Å². The largest absolute Gasteiger partial charge is 0.511 e. The highest BCUT2D eigenvalue weighted by molar-refractivity contribution is 5.60. The molecule has 0 saturated carbocycles. The molecule has 0 fully saturated rings. The number of carbonyl (C=O) groups excluding carboxylic acids is 1. The molecule has 0 radical (unpaired) electrons. The quantitative estimate of drug-likeness (QED) is 0.294. The zero-order valence-electron chi connectivity index (χ0n) is 12.7. The van der Waals surface area contributed by atoms with Crippen molar-refractivity contribution in [2.45, 2.75) is 53.4 Å². The molecule has 5 N–H and O–H groups in total. The van der Waals surface area contributed by atoms with Crippen LogP contribution >= 0.6 is 0 Å². The van der Waals surface area contributed by atoms with Crippen LogP contribution in [0.15, 0.2) is 0 Å². The number of nitrogens with zero attached hydrogens (tertiary/aromatic N) is 1. The highest BCUT2D eigenvalue weighted by Crippen LogP contribution is 2.08. The van der Waals surface area contributed by atoms with E-state index in [1.54, 1.807) is 20.8 Å². The Morgan fingerprint density at radius 2 is 1.79 bits per heavy atom. The number of hydrazine groups is 2. The van der Waals surface area contributed by atoms with Crippen LogP contribution in [0.5, 0.6) is 0 Å². The summed E-state index contributed by atoms with van der Waals surface area (Å²) < 4.78 is 9.38. The predicted molar refractivity (Wildman–Crippen MR) is 72.3 cm³/mol. The van der Waals surface area contributed by atoms with Crippen LogP contribution in [0.1, 0.15) is 41.5 Å². The molecule has 8 nitrogen and oxygen atoms in total. The Kier molecular flexibility index (Phi) is 11.7. The first-order valence-electron chi connectivity index (χ1n) is 6.16. The number of ether oxygens (including phenoxy) is 2. The molecule has 0 aromatic heterocycles. The van der Waals surface area contributed by atoms with E-state index >= 15 is 0 Å². The number of hydrogen-bond donors (Lipinski definition) is 3. The van der Waals surface area contributed by atoms with Crippen molar-refractivity contribution in [2.24, 2.45) is 11.7 Å². The molecule has 0 bridgehead atoms. The number of hydrogen-bond acceptors (Lipinski definition) is 8. The lowest BCUT2D eigenvalue weighted by Gasteiger charge is -2.20. The van der Waals surface area contributed by atoms with Gasteiger partial charge in [0.15, 0.2) is 0 Å². The summed E-state index contributed by atoms with van der Waals surface area (Å²) >= 11 is 0. The minimum absolute atomic E-state index is 0.564. The van der Waals surface area contributed by atoms with Crippen molar-refractivity contribution in [2.75, 3.05) is 13.1 Å². The molecule has 0 aromatic rings. The summed E-state index contributed by atoms with van der Waals surface area (Å²) in [5, 5.41) is 1.90. The van der Waals surface area contributed by atoms with Gasteiger partial charge in [0.25, 0.3) is 0 Å². The van der Waals surface area contributed by atoms with Crippen LogP contribution in [0.3, 0.4) is 0 Å². The van der Waals surface area contributed by atoms with Gasteiger partial charge in [-0.15, -0.1) is 0 Å². The fraction of sp³-hybridized carbons (Fsp3) is 0.909. The van der Waals surface area contributed by atoms with Crippen LogP contribution in [-0.4, -0.2) is 36.1 Å². The Labute approximate surface area is 115 Å². The summed E-state index contributed by atoms with van der Waals surface area (Å²) in [6.07, 6.45) is -1.58. The third kappa shape index (κ3) is 15.0. The lowest BCUT2D eigenvalue weighted by Crippen LogP contribution is -2.42. The number of rotatable bonds is 5. The summed E-state index contributed by atoms with van der Waals surface area (Å²) in [7, 11) is 0. The van der Waals surface area contributed by atoms with Crippen molar-refractivity contribution in [3.05, 3.63) is 0 Å². The van der Waals surface area contributed by atoms with Crippen molar-refractivity contribution >= 4 is 6.16 Å². The highest BCUT2D eigenvalue weighted by Gasteiger charge is 2.19. The van der Waals surface area contributed by atoms with Gasteiger partial charge in [-0.25, -0.2) is 15.7 Å². The van der Waals surface area contributed by atoms with Gasteiger partial charge in [-0.1, -0.05) is 13.8 Å². The minimum Gasteiger partial charge on any atom is -0.429 e. The van der Waals surface area contributed by atoms with Crippen LogP contribution in [0, 0.1) is 0 Å². The first-order valence-corrected chi connectivity index (χ1v) is 6.16. The van der Waals surface area contributed by atoms with Gasteiger partial charge in [-0.2, -0.15) is 5.53 Å². The molecule has 1 atom stereocenters. The van der Waals surface area contributed by atoms with E-state index in [4.69, 9.17) is 16.5 Å². The van der Waals surface area contributed by atoms with Gasteiger partial charge < -0.3 is 9.47 Å². The van der Waals surface area contributed by atoms with Gasteiger partial charge in [-0.05, 0) is 27.7 Å². The second-order valence-electron chi connectivity index (χ2n) is 4.59. The molecular formula is C11H28N4O4. The normalized spacial score (nSPS) is 12.5. The molecule has 1 unspecified atom stereocenters. The maximum Gasteiger partial charge on any atom is 0.511 e. The Morgan fingerprint density at radius 1 is 1.32 bits per heavy atom. The fourth-order valence-corrected chi connectivity index (χ4v) is 0.844. The topological polar surface area (TPSA) is 112 Å². The molecule has 8 heteroatoms. The molecule has 0 spiro atoms. The zero-order chi connectivity index (χ0) is 15.5. The molecule has 0 aliphatic rings. The maximum absolute atomic E-state index is 10.8. The van der Waals surface area contributed by atoms with Crippen LogP contribution in [0.4, 0.5) is 4.79 Å². The van der Waals surface area contributed by atoms with Gasteiger partial charge in [0.1, 0.15) is 5.60 Å². The molecule has 0 aliphatic heterocycles. The summed E-state index contributed by atoms with van der Waals surface area (Å²) in [5.41, 5.74) is 1.97. The minimum atomic E-state index is -0.792. The Bertz CT molecular complexity index is 224. The van der Waals surface area contributed by atoms with E-state index in [0.29, 0.717) is 0 Å². The summed E-state index contributed by atoms with van der Waals surface area (Å²) in [6.45, 7) is 12.7. The molecule has 0 aliphatic carbocycles. The Balaban J connectivity index is 0. The van der Waals surface area contributed by atoms with E-state index in [9.17, 15) is 4.79 Å². The molecule has 0 heterocycles. The Morgan fingerprint density at radius 3 is 2.00 bits per heavy atom. The third-order valence-corrected chi connectivity index (χ3v) is 1.79. The van der Waals surface area contributed by atoms with Crippen LogP contribution in [0.2, 0.25) is 0 Å². The zero-order valence-corrected chi connectivity index (χ0v) is 12.7. The van der Waals surface area contributed by atoms with Crippen LogP contribution in [0.25, 0.3) is 0 Å². The molecule has 0 aromatic carbocycles. The van der Waals surface area contributed by atoms with Gasteiger partial charge >= 0.3 is 6.16 Å². The summed E-state index contributed by atoms with van der Waals surface area (Å²) in [6, 6.07) is 0. The van der Waals surface area contributed by atoms with Gasteiger partial charge in [0.2, 0.25) is 6.29 Å². The van der Waals surface area contributed by atoms with E-state index in [0.717, 1.165) is 13.1 Å². The highest BCUT2D eigenvalue weighted by atomic mass is 16.8. The van der Waals surface area contributed by atoms with E-state index in [2.05, 4.69) is 15.1 Å². The standard InChI is InChI=1S/C7H15NO4.C4H13N3/c1-5(12-8)10-6(9)11-7(2,3)4;1-3-7(4-2)6-5/h5H,8H2,1-4H3;6H,3-5H2,1-2H3. The van der Waals surface area contributed by atoms with Gasteiger partial charge in [0.05, 0.1) is 0 Å². The van der Waals surface area contributed by atoms with E-state index in [1.807, 2.05) is 18.9 Å². The van der Waals surface area contributed by atoms with E-state index in [-0.39, 0.29) is 0 Å². The predicted octanol–water partition coefficient (Wildman–Crippen LogP) is 0.881. The lowest BCUT2D eigenvalue weighted by molar-refractivity contribution is -0.125. The van der Waals surface area contributed by atoms with E-state index in [1.165, 1.54) is 6.92 Å². The van der Waals surface area contributed by atoms with Gasteiger partial charge in [-0.3, -0.25) is 10.7 Å². The van der Waals surface area contributed by atoms with Crippen molar-refractivity contribution < 1.29 is 19.1 Å². The average molecular weight is 280 g/mol. The molecule has 0 amide bonds. The van der Waals surface area contributed by atoms with E-state index < -0.39 is 18.0 Å². The molecular weight excluding hydrogens is 252 g/mol. The number of nitrogens with one attached hydrogen (secondary N) is 1. The monoisotopic (exact) mass is 280 g/mol. The molecule has 19 heavy (non-hydrogen) atoms. The maximum atomic E-state index is 10.8. The van der Waals surface area contributed by atoms with Crippen molar-refractivity contribution in [3.63, 3.8) is 0 Å². The first-order chi connectivity index (χ1) is 8.69. The third-order valence-electron chi connectivity index (χ3n) is 1.79. The lowest BCUT2D eigenvalue weighted by atomic mass is 10.2. The number of carbonyl (C=O) groups is 1. The van der Waals surface area contributed by atoms with Crippen LogP contribution < -0.4 is 17.3 Å². The fourth-order valence-electron chi connectivity index (χ4n) is 0.844. The first kappa shape index (κ1) is 20.4.